The van der Waals surface area contributed by atoms with Gasteiger partial charge in [-0.05, 0) is 29.8 Å². The Labute approximate surface area is 205 Å². The van der Waals surface area contributed by atoms with Gasteiger partial charge in [0, 0.05) is 37.9 Å². The van der Waals surface area contributed by atoms with Crippen molar-refractivity contribution >= 4 is 21.6 Å². The number of nitrogens with zero attached hydrogens (tertiary/aromatic N) is 6. The van der Waals surface area contributed by atoms with Crippen LogP contribution in [0.4, 0.5) is 14.6 Å². The molecule has 13 heteroatoms. The number of anilines is 1. The fraction of sp³-hybridized carbons (Fsp3) is 0.261. The molecule has 3 heterocycles. The van der Waals surface area contributed by atoms with Gasteiger partial charge in [-0.3, -0.25) is 0 Å². The molecule has 1 aliphatic heterocycles. The van der Waals surface area contributed by atoms with Gasteiger partial charge >= 0.3 is 0 Å². The smallest absolute Gasteiger partial charge is 0.254 e. The summed E-state index contributed by atoms with van der Waals surface area (Å²) in [5.74, 6) is -0.117. The molecule has 5 rings (SSSR count). The quantitative estimate of drug-likeness (QED) is 0.386. The third-order valence-corrected chi connectivity index (χ3v) is 7.98. The standard InChI is InChI=1S/C23H22F2N6O4S/c1-34-19-7-6-15(12-20(19)35-2)16-13-26-23-27-14-28-31(23)22(16)29-8-10-30(11-9-29)36(32,33)21-17(24)4-3-5-18(21)25/h3-7,12-14H,8-11H2,1-2H3. The predicted molar refractivity (Wildman–Crippen MR) is 127 cm³/mol. The van der Waals surface area contributed by atoms with E-state index >= 15 is 0 Å². The van der Waals surface area contributed by atoms with E-state index in [1.807, 2.05) is 17.0 Å². The third-order valence-electron chi connectivity index (χ3n) is 6.03. The number of hydrogen-bond acceptors (Lipinski definition) is 8. The summed E-state index contributed by atoms with van der Waals surface area (Å²) in [6.45, 7) is 0.517. The average Bonchev–Trinajstić information content (AvgIpc) is 3.36. The average molecular weight is 517 g/mol. The first kappa shape index (κ1) is 23.9. The van der Waals surface area contributed by atoms with Crippen LogP contribution in [-0.4, -0.2) is 72.7 Å². The van der Waals surface area contributed by atoms with Crippen LogP contribution in [0.5, 0.6) is 11.5 Å². The highest BCUT2D eigenvalue weighted by Crippen LogP contribution is 2.37. The van der Waals surface area contributed by atoms with Crippen LogP contribution in [0.2, 0.25) is 0 Å². The molecule has 1 fully saturated rings. The van der Waals surface area contributed by atoms with E-state index in [-0.39, 0.29) is 26.2 Å². The van der Waals surface area contributed by atoms with E-state index in [2.05, 4.69) is 15.1 Å². The van der Waals surface area contributed by atoms with Crippen molar-refractivity contribution in [1.29, 1.82) is 0 Å². The number of rotatable bonds is 6. The zero-order valence-electron chi connectivity index (χ0n) is 19.4. The van der Waals surface area contributed by atoms with Crippen LogP contribution in [0.15, 0.2) is 53.8 Å². The van der Waals surface area contributed by atoms with Crippen LogP contribution in [0.3, 0.4) is 0 Å². The number of fused-ring (bicyclic) bond motifs is 1. The fourth-order valence-corrected chi connectivity index (χ4v) is 5.81. The SMILES string of the molecule is COc1ccc(-c2cnc3ncnn3c2N2CCN(S(=O)(=O)c3c(F)cccc3F)CC2)cc1OC. The highest BCUT2D eigenvalue weighted by atomic mass is 32.2. The van der Waals surface area contributed by atoms with E-state index in [4.69, 9.17) is 9.47 Å². The van der Waals surface area contributed by atoms with E-state index in [0.717, 1.165) is 28.1 Å². The molecule has 0 N–H and O–H groups in total. The molecule has 1 aliphatic rings. The normalized spacial score (nSPS) is 14.8. The van der Waals surface area contributed by atoms with E-state index in [1.54, 1.807) is 31.0 Å². The molecule has 0 aliphatic carbocycles. The van der Waals surface area contributed by atoms with Crippen LogP contribution < -0.4 is 14.4 Å². The lowest BCUT2D eigenvalue weighted by Gasteiger charge is -2.36. The number of piperazine rings is 1. The molecule has 10 nitrogen and oxygen atoms in total. The number of halogens is 2. The summed E-state index contributed by atoms with van der Waals surface area (Å²) in [6.07, 6.45) is 3.05. The van der Waals surface area contributed by atoms with Crippen LogP contribution in [0.1, 0.15) is 0 Å². The van der Waals surface area contributed by atoms with Gasteiger partial charge in [0.2, 0.25) is 10.0 Å². The van der Waals surface area contributed by atoms with Gasteiger partial charge < -0.3 is 14.4 Å². The number of aromatic nitrogens is 4. The highest BCUT2D eigenvalue weighted by Gasteiger charge is 2.34. The minimum absolute atomic E-state index is 0.0139. The predicted octanol–water partition coefficient (Wildman–Crippen LogP) is 2.60. The second-order valence-corrected chi connectivity index (χ2v) is 9.85. The first-order chi connectivity index (χ1) is 17.3. The van der Waals surface area contributed by atoms with Crippen molar-refractivity contribution in [1.82, 2.24) is 23.9 Å². The summed E-state index contributed by atoms with van der Waals surface area (Å²) in [7, 11) is -1.27. The fourth-order valence-electron chi connectivity index (χ4n) is 4.28. The first-order valence-electron chi connectivity index (χ1n) is 11.0. The van der Waals surface area contributed by atoms with Crippen molar-refractivity contribution < 1.29 is 26.7 Å². The van der Waals surface area contributed by atoms with Crippen LogP contribution >= 0.6 is 0 Å². The molecular formula is C23H22F2N6O4S. The minimum atomic E-state index is -4.36. The monoisotopic (exact) mass is 516 g/mol. The first-order valence-corrected chi connectivity index (χ1v) is 12.4. The Morgan fingerprint density at radius 2 is 1.61 bits per heavy atom. The molecule has 0 unspecified atom stereocenters. The second-order valence-electron chi connectivity index (χ2n) is 7.98. The summed E-state index contributed by atoms with van der Waals surface area (Å²) < 4.78 is 68.0. The Balaban J connectivity index is 1.50. The van der Waals surface area contributed by atoms with Gasteiger partial charge in [-0.25, -0.2) is 22.2 Å². The van der Waals surface area contributed by atoms with Crippen molar-refractivity contribution in [3.8, 4) is 22.6 Å². The number of sulfonamides is 1. The molecule has 2 aromatic heterocycles. The van der Waals surface area contributed by atoms with Crippen LogP contribution in [-0.2, 0) is 10.0 Å². The lowest BCUT2D eigenvalue weighted by Crippen LogP contribution is -2.49. The van der Waals surface area contributed by atoms with Gasteiger partial charge in [0.15, 0.2) is 16.4 Å². The summed E-state index contributed by atoms with van der Waals surface area (Å²) in [4.78, 5) is 9.55. The Bertz CT molecular complexity index is 1520. The lowest BCUT2D eigenvalue weighted by atomic mass is 10.1. The largest absolute Gasteiger partial charge is 0.493 e. The maximum absolute atomic E-state index is 14.2. The molecule has 188 valence electrons. The van der Waals surface area contributed by atoms with Crippen LogP contribution in [0.25, 0.3) is 16.9 Å². The summed E-state index contributed by atoms with van der Waals surface area (Å²) in [5, 5.41) is 4.31. The van der Waals surface area contributed by atoms with E-state index in [1.165, 1.54) is 6.33 Å². The molecule has 1 saturated heterocycles. The molecule has 0 amide bonds. The molecule has 36 heavy (non-hydrogen) atoms. The van der Waals surface area contributed by atoms with Crippen LogP contribution in [0, 0.1) is 11.6 Å². The number of hydrogen-bond donors (Lipinski definition) is 0. The Hall–Kier alpha value is -3.84. The Morgan fingerprint density at radius 1 is 0.917 bits per heavy atom. The van der Waals surface area contributed by atoms with E-state index in [0.29, 0.717) is 28.7 Å². The van der Waals surface area contributed by atoms with Crippen molar-refractivity contribution in [3.63, 3.8) is 0 Å². The molecule has 0 bridgehead atoms. The molecule has 2 aromatic carbocycles. The van der Waals surface area contributed by atoms with Gasteiger partial charge in [-0.1, -0.05) is 12.1 Å². The van der Waals surface area contributed by atoms with Gasteiger partial charge in [0.25, 0.3) is 5.78 Å². The molecule has 0 atom stereocenters. The summed E-state index contributed by atoms with van der Waals surface area (Å²) in [6, 6.07) is 8.43. The van der Waals surface area contributed by atoms with E-state index < -0.39 is 26.6 Å². The van der Waals surface area contributed by atoms with Crippen molar-refractivity contribution in [2.75, 3.05) is 45.3 Å². The zero-order chi connectivity index (χ0) is 25.4. The third kappa shape index (κ3) is 3.99. The van der Waals surface area contributed by atoms with Gasteiger partial charge in [-0.15, -0.1) is 0 Å². The van der Waals surface area contributed by atoms with Crippen molar-refractivity contribution in [3.05, 3.63) is 60.6 Å². The highest BCUT2D eigenvalue weighted by molar-refractivity contribution is 7.89. The van der Waals surface area contributed by atoms with E-state index in [9.17, 15) is 17.2 Å². The topological polar surface area (TPSA) is 102 Å². The Kier molecular flexibility index (Phi) is 6.18. The summed E-state index contributed by atoms with van der Waals surface area (Å²) in [5.41, 5.74) is 1.49. The lowest BCUT2D eigenvalue weighted by molar-refractivity contribution is 0.355. The molecule has 0 saturated carbocycles. The second kappa shape index (κ2) is 9.32. The minimum Gasteiger partial charge on any atom is -0.493 e. The maximum atomic E-state index is 14.2. The van der Waals surface area contributed by atoms with Gasteiger partial charge in [0.05, 0.1) is 14.2 Å². The maximum Gasteiger partial charge on any atom is 0.254 e. The molecule has 4 aromatic rings. The number of methoxy groups -OCH3 is 2. The molecular weight excluding hydrogens is 494 g/mol. The Morgan fingerprint density at radius 3 is 2.28 bits per heavy atom. The number of ether oxygens (including phenoxy) is 2. The van der Waals surface area contributed by atoms with Crippen molar-refractivity contribution in [2.24, 2.45) is 0 Å². The molecule has 0 radical (unpaired) electrons. The van der Waals surface area contributed by atoms with Crippen molar-refractivity contribution in [2.45, 2.75) is 4.90 Å². The summed E-state index contributed by atoms with van der Waals surface area (Å²) >= 11 is 0. The van der Waals surface area contributed by atoms with Gasteiger partial charge in [-0.2, -0.15) is 18.9 Å². The zero-order valence-corrected chi connectivity index (χ0v) is 20.2. The van der Waals surface area contributed by atoms with Gasteiger partial charge in [0.1, 0.15) is 23.8 Å². The molecule has 0 spiro atoms. The number of benzene rings is 2.